The highest BCUT2D eigenvalue weighted by molar-refractivity contribution is 5.82. The Morgan fingerprint density at radius 1 is 1.11 bits per heavy atom. The van der Waals surface area contributed by atoms with Gasteiger partial charge in [0.2, 0.25) is 11.8 Å². The molecule has 1 atom stereocenters. The summed E-state index contributed by atoms with van der Waals surface area (Å²) in [6, 6.07) is -0.328. The number of nitrogens with one attached hydrogen (secondary N) is 3. The van der Waals surface area contributed by atoms with Gasteiger partial charge < -0.3 is 21.1 Å². The topological polar surface area (TPSA) is 108 Å². The van der Waals surface area contributed by atoms with Gasteiger partial charge >= 0.3 is 5.97 Å². The number of carbonyl (C=O) groups excluding carboxylic acids is 2. The minimum Gasteiger partial charge on any atom is -0.481 e. The van der Waals surface area contributed by atoms with Crippen LogP contribution in [0.25, 0.3) is 0 Å². The van der Waals surface area contributed by atoms with Gasteiger partial charge in [0.25, 0.3) is 0 Å². The van der Waals surface area contributed by atoms with Crippen LogP contribution in [-0.2, 0) is 14.4 Å². The van der Waals surface area contributed by atoms with Gasteiger partial charge in [0, 0.05) is 20.0 Å². The maximum absolute atomic E-state index is 11.7. The Balaban J connectivity index is 3.76. The zero-order chi connectivity index (χ0) is 14.7. The Labute approximate surface area is 113 Å². The number of hydrogen-bond acceptors (Lipinski definition) is 4. The number of rotatable bonds is 10. The highest BCUT2D eigenvalue weighted by Crippen LogP contribution is 2.00. The molecule has 0 saturated carbocycles. The van der Waals surface area contributed by atoms with E-state index >= 15 is 0 Å². The summed E-state index contributed by atoms with van der Waals surface area (Å²) in [4.78, 5) is 32.7. The molecule has 2 amide bonds. The van der Waals surface area contributed by atoms with E-state index < -0.39 is 5.97 Å². The number of carboxylic acid groups (broad SMARTS) is 1. The van der Waals surface area contributed by atoms with E-state index in [0.29, 0.717) is 13.0 Å². The molecule has 0 aromatic heterocycles. The summed E-state index contributed by atoms with van der Waals surface area (Å²) in [6.45, 7) is 2.21. The fraction of sp³-hybridized carbons (Fsp3) is 0.750. The fourth-order valence-electron chi connectivity index (χ4n) is 1.56. The molecule has 7 heteroatoms. The van der Waals surface area contributed by atoms with Crippen molar-refractivity contribution in [1.82, 2.24) is 16.0 Å². The number of aliphatic carboxylic acids is 1. The summed E-state index contributed by atoms with van der Waals surface area (Å²) in [5, 5.41) is 16.6. The standard InChI is InChI=1S/C12H23N3O4/c1-9(16)14-7-4-3-5-10(13-2)12(19)15-8-6-11(17)18/h10,13H,3-8H2,1-2H3,(H,14,16)(H,15,19)(H,17,18)/i1+1,2+1. The van der Waals surface area contributed by atoms with Crippen molar-refractivity contribution in [2.75, 3.05) is 20.1 Å². The third-order valence-electron chi connectivity index (χ3n) is 2.60. The fourth-order valence-corrected chi connectivity index (χ4v) is 1.56. The predicted molar refractivity (Wildman–Crippen MR) is 70.6 cm³/mol. The van der Waals surface area contributed by atoms with E-state index in [4.69, 9.17) is 5.11 Å². The van der Waals surface area contributed by atoms with E-state index in [-0.39, 0.29) is 30.8 Å². The molecule has 7 nitrogen and oxygen atoms in total. The number of amides is 2. The largest absolute Gasteiger partial charge is 0.481 e. The molecule has 0 saturated heterocycles. The molecule has 0 heterocycles. The zero-order valence-corrected chi connectivity index (χ0v) is 11.5. The lowest BCUT2D eigenvalue weighted by atomic mass is 10.1. The number of carboxylic acids is 1. The molecular weight excluding hydrogens is 252 g/mol. The van der Waals surface area contributed by atoms with Crippen LogP contribution in [-0.4, -0.2) is 49.1 Å². The summed E-state index contributed by atoms with van der Waals surface area (Å²) >= 11 is 0. The lowest BCUT2D eigenvalue weighted by Gasteiger charge is -2.15. The van der Waals surface area contributed by atoms with Crippen molar-refractivity contribution in [3.05, 3.63) is 0 Å². The highest BCUT2D eigenvalue weighted by atomic mass is 16.4. The van der Waals surface area contributed by atoms with Crippen LogP contribution in [0, 0.1) is 0 Å². The van der Waals surface area contributed by atoms with Crippen molar-refractivity contribution in [3.63, 3.8) is 0 Å². The van der Waals surface area contributed by atoms with E-state index in [0.717, 1.165) is 12.8 Å². The van der Waals surface area contributed by atoms with E-state index in [9.17, 15) is 14.4 Å². The number of unbranched alkanes of at least 4 members (excludes halogenated alkanes) is 1. The van der Waals surface area contributed by atoms with Crippen LogP contribution in [0.1, 0.15) is 32.6 Å². The second-order valence-corrected chi connectivity index (χ2v) is 4.25. The summed E-state index contributed by atoms with van der Waals surface area (Å²) in [6.07, 6.45) is 2.18. The third kappa shape index (κ3) is 10.0. The molecule has 0 aromatic rings. The monoisotopic (exact) mass is 275 g/mol. The summed E-state index contributed by atoms with van der Waals surface area (Å²) in [5.74, 6) is -1.18. The van der Waals surface area contributed by atoms with Crippen LogP contribution in [0.4, 0.5) is 0 Å². The van der Waals surface area contributed by atoms with Crippen LogP contribution in [0.15, 0.2) is 0 Å². The number of likely N-dealkylation sites (N-methyl/N-ethyl adjacent to an activating group) is 1. The van der Waals surface area contributed by atoms with Crippen molar-refractivity contribution in [1.29, 1.82) is 0 Å². The first kappa shape index (κ1) is 17.4. The van der Waals surface area contributed by atoms with Crippen LogP contribution in [0.2, 0.25) is 0 Å². The molecule has 4 N–H and O–H groups in total. The third-order valence-corrected chi connectivity index (χ3v) is 2.60. The first-order valence-corrected chi connectivity index (χ1v) is 6.38. The summed E-state index contributed by atoms with van der Waals surface area (Å²) < 4.78 is 0. The lowest BCUT2D eigenvalue weighted by Crippen LogP contribution is -2.43. The normalized spacial score (nSPS) is 11.7. The van der Waals surface area contributed by atoms with Crippen LogP contribution in [0.5, 0.6) is 0 Å². The Kier molecular flexibility index (Phi) is 9.42. The van der Waals surface area contributed by atoms with Gasteiger partial charge in [-0.3, -0.25) is 14.4 Å². The molecule has 0 aromatic carbocycles. The van der Waals surface area contributed by atoms with Crippen LogP contribution >= 0.6 is 0 Å². The van der Waals surface area contributed by atoms with Gasteiger partial charge in [-0.05, 0) is 26.3 Å². The van der Waals surface area contributed by atoms with Gasteiger partial charge in [0.15, 0.2) is 0 Å². The quantitative estimate of drug-likeness (QED) is 0.317. The van der Waals surface area contributed by atoms with Crippen molar-refractivity contribution in [3.8, 4) is 0 Å². The van der Waals surface area contributed by atoms with Crippen molar-refractivity contribution in [2.45, 2.75) is 38.6 Å². The predicted octanol–water partition coefficient (Wildman–Crippen LogP) is -0.528. The molecule has 0 aliphatic heterocycles. The molecule has 0 aliphatic rings. The molecule has 1 unspecified atom stereocenters. The summed E-state index contributed by atoms with van der Waals surface area (Å²) in [5.41, 5.74) is 0. The maximum atomic E-state index is 11.7. The Bertz CT molecular complexity index is 307. The Morgan fingerprint density at radius 2 is 1.79 bits per heavy atom. The first-order chi connectivity index (χ1) is 8.97. The average molecular weight is 275 g/mol. The van der Waals surface area contributed by atoms with E-state index in [1.807, 2.05) is 0 Å². The van der Waals surface area contributed by atoms with Gasteiger partial charge in [0.05, 0.1) is 12.5 Å². The molecule has 0 spiro atoms. The van der Waals surface area contributed by atoms with Crippen molar-refractivity contribution >= 4 is 17.8 Å². The Hall–Kier alpha value is -1.63. The van der Waals surface area contributed by atoms with E-state index in [1.165, 1.54) is 6.92 Å². The smallest absolute Gasteiger partial charge is 0.305 e. The minimum absolute atomic E-state index is 0.0587. The molecule has 0 fully saturated rings. The Morgan fingerprint density at radius 3 is 2.32 bits per heavy atom. The highest BCUT2D eigenvalue weighted by Gasteiger charge is 2.15. The van der Waals surface area contributed by atoms with Crippen LogP contribution < -0.4 is 16.0 Å². The van der Waals surface area contributed by atoms with Gasteiger partial charge in [-0.1, -0.05) is 0 Å². The van der Waals surface area contributed by atoms with Crippen LogP contribution in [0.3, 0.4) is 0 Å². The molecule has 19 heavy (non-hydrogen) atoms. The lowest BCUT2D eigenvalue weighted by molar-refractivity contribution is -0.137. The average Bonchev–Trinajstić information content (AvgIpc) is 2.32. The van der Waals surface area contributed by atoms with E-state index in [2.05, 4.69) is 16.0 Å². The molecule has 0 bridgehead atoms. The molecule has 0 aliphatic carbocycles. The first-order valence-electron chi connectivity index (χ1n) is 6.38. The number of carbonyl (C=O) groups is 3. The summed E-state index contributed by atoms with van der Waals surface area (Å²) in [7, 11) is 1.69. The second kappa shape index (κ2) is 10.3. The van der Waals surface area contributed by atoms with Crippen molar-refractivity contribution < 1.29 is 19.5 Å². The molecule has 0 rings (SSSR count). The number of hydrogen-bond donors (Lipinski definition) is 4. The molecular formula is C12H23N3O4. The molecule has 0 radical (unpaired) electrons. The van der Waals surface area contributed by atoms with Gasteiger partial charge in [-0.15, -0.1) is 0 Å². The van der Waals surface area contributed by atoms with Gasteiger partial charge in [-0.25, -0.2) is 0 Å². The van der Waals surface area contributed by atoms with E-state index in [1.54, 1.807) is 7.05 Å². The minimum atomic E-state index is -0.934. The maximum Gasteiger partial charge on any atom is 0.305 e. The SMILES string of the molecule is [13CH3]NC(CCCCNC([13CH3])=O)C(=O)NCCC(=O)O. The second-order valence-electron chi connectivity index (χ2n) is 4.25. The van der Waals surface area contributed by atoms with Gasteiger partial charge in [0.1, 0.15) is 0 Å². The zero-order valence-electron chi connectivity index (χ0n) is 11.5. The molecule has 110 valence electrons. The van der Waals surface area contributed by atoms with Gasteiger partial charge in [-0.2, -0.15) is 0 Å². The van der Waals surface area contributed by atoms with Crippen molar-refractivity contribution in [2.24, 2.45) is 0 Å².